The first-order chi connectivity index (χ1) is 40.8. The summed E-state index contributed by atoms with van der Waals surface area (Å²) in [6.07, 6.45) is 81.6. The van der Waals surface area contributed by atoms with E-state index < -0.39 is 49.5 Å². The van der Waals surface area contributed by atoms with Crippen molar-refractivity contribution >= 4 is 5.91 Å². The van der Waals surface area contributed by atoms with Gasteiger partial charge in [-0.25, -0.2) is 0 Å². The van der Waals surface area contributed by atoms with Crippen molar-refractivity contribution in [1.82, 2.24) is 5.32 Å². The molecule has 1 aliphatic heterocycles. The summed E-state index contributed by atoms with van der Waals surface area (Å²) >= 11 is 0. The summed E-state index contributed by atoms with van der Waals surface area (Å²) in [7, 11) is 0. The van der Waals surface area contributed by atoms with E-state index in [0.717, 1.165) is 64.2 Å². The van der Waals surface area contributed by atoms with Gasteiger partial charge in [-0.1, -0.05) is 331 Å². The number of hydrogen-bond donors (Lipinski definition) is 6. The maximum absolute atomic E-state index is 13.1. The monoisotopic (exact) mass is 1170 g/mol. The Morgan fingerprint density at radius 2 is 0.759 bits per heavy atom. The molecule has 0 aromatic heterocycles. The summed E-state index contributed by atoms with van der Waals surface area (Å²) in [4.78, 5) is 13.1. The third-order valence-corrected chi connectivity index (χ3v) is 16.8. The smallest absolute Gasteiger partial charge is 0.220 e. The van der Waals surface area contributed by atoms with E-state index in [0.29, 0.717) is 6.42 Å². The summed E-state index contributed by atoms with van der Waals surface area (Å²) < 4.78 is 11.3. The molecule has 9 heteroatoms. The van der Waals surface area contributed by atoms with Gasteiger partial charge in [-0.15, -0.1) is 0 Å². The summed E-state index contributed by atoms with van der Waals surface area (Å²) in [5.41, 5.74) is 0. The average Bonchev–Trinajstić information content (AvgIpc) is 3.60. The van der Waals surface area contributed by atoms with Crippen LogP contribution in [0.15, 0.2) is 72.9 Å². The Hall–Kier alpha value is -2.37. The number of unbranched alkanes of at least 4 members (excludes halogenated alkanes) is 42. The van der Waals surface area contributed by atoms with Crippen LogP contribution in [0.1, 0.15) is 335 Å². The van der Waals surface area contributed by atoms with Crippen molar-refractivity contribution in [3.8, 4) is 0 Å². The van der Waals surface area contributed by atoms with E-state index in [1.54, 1.807) is 6.08 Å². The van der Waals surface area contributed by atoms with Crippen molar-refractivity contribution in [2.75, 3.05) is 13.2 Å². The lowest BCUT2D eigenvalue weighted by atomic mass is 9.99. The molecule has 1 aliphatic rings. The van der Waals surface area contributed by atoms with E-state index >= 15 is 0 Å². The second-order valence-electron chi connectivity index (χ2n) is 24.6. The highest BCUT2D eigenvalue weighted by Crippen LogP contribution is 2.23. The van der Waals surface area contributed by atoms with Gasteiger partial charge < -0.3 is 40.3 Å². The van der Waals surface area contributed by atoms with Crippen molar-refractivity contribution in [2.45, 2.75) is 378 Å². The molecule has 0 spiro atoms. The summed E-state index contributed by atoms with van der Waals surface area (Å²) in [6.45, 7) is 3.69. The fourth-order valence-electron chi connectivity index (χ4n) is 11.2. The summed E-state index contributed by atoms with van der Waals surface area (Å²) in [5, 5.41) is 54.8. The largest absolute Gasteiger partial charge is 0.394 e. The van der Waals surface area contributed by atoms with Gasteiger partial charge in [-0.3, -0.25) is 4.79 Å². The van der Waals surface area contributed by atoms with Crippen LogP contribution in [0, 0.1) is 0 Å². The summed E-state index contributed by atoms with van der Waals surface area (Å²) in [5.74, 6) is -0.184. The molecular formula is C74H135NO8. The second kappa shape index (κ2) is 62.7. The Morgan fingerprint density at radius 1 is 0.422 bits per heavy atom. The highest BCUT2D eigenvalue weighted by Gasteiger charge is 2.44. The van der Waals surface area contributed by atoms with E-state index in [9.17, 15) is 30.3 Å². The first-order valence-corrected chi connectivity index (χ1v) is 35.7. The van der Waals surface area contributed by atoms with E-state index in [1.807, 2.05) is 6.08 Å². The average molecular weight is 1170 g/mol. The number of hydrogen-bond acceptors (Lipinski definition) is 8. The van der Waals surface area contributed by atoms with Crippen molar-refractivity contribution in [2.24, 2.45) is 0 Å². The number of allylic oxidation sites excluding steroid dienone is 11. The van der Waals surface area contributed by atoms with Crippen LogP contribution in [-0.2, 0) is 14.3 Å². The van der Waals surface area contributed by atoms with Crippen LogP contribution < -0.4 is 5.32 Å². The predicted octanol–water partition coefficient (Wildman–Crippen LogP) is 19.5. The molecule has 1 fully saturated rings. The molecule has 6 N–H and O–H groups in total. The quantitative estimate of drug-likeness (QED) is 0.0261. The van der Waals surface area contributed by atoms with Crippen LogP contribution in [-0.4, -0.2) is 87.5 Å². The molecule has 0 radical (unpaired) electrons. The molecular weight excluding hydrogens is 1030 g/mol. The van der Waals surface area contributed by atoms with Gasteiger partial charge in [0.2, 0.25) is 5.91 Å². The molecule has 1 heterocycles. The number of aliphatic hydroxyl groups is 5. The molecule has 7 atom stereocenters. The fraction of sp³-hybridized carbons (Fsp3) is 0.824. The van der Waals surface area contributed by atoms with Gasteiger partial charge in [0, 0.05) is 6.42 Å². The van der Waals surface area contributed by atoms with Gasteiger partial charge in [0.1, 0.15) is 24.4 Å². The Bertz CT molecular complexity index is 1540. The molecule has 484 valence electrons. The van der Waals surface area contributed by atoms with E-state index in [4.69, 9.17) is 9.47 Å². The number of rotatable bonds is 62. The second-order valence-corrected chi connectivity index (χ2v) is 24.6. The maximum Gasteiger partial charge on any atom is 0.220 e. The Morgan fingerprint density at radius 3 is 1.16 bits per heavy atom. The van der Waals surface area contributed by atoms with Crippen LogP contribution in [0.2, 0.25) is 0 Å². The number of nitrogens with one attached hydrogen (secondary N) is 1. The first kappa shape index (κ1) is 78.6. The van der Waals surface area contributed by atoms with Gasteiger partial charge in [0.25, 0.3) is 0 Å². The lowest BCUT2D eigenvalue weighted by Gasteiger charge is -2.40. The number of carbonyl (C=O) groups is 1. The minimum Gasteiger partial charge on any atom is -0.394 e. The molecule has 1 rings (SSSR count). The highest BCUT2D eigenvalue weighted by molar-refractivity contribution is 5.76. The number of aliphatic hydroxyl groups excluding tert-OH is 5. The highest BCUT2D eigenvalue weighted by atomic mass is 16.7. The molecule has 1 amide bonds. The molecule has 9 nitrogen and oxygen atoms in total. The maximum atomic E-state index is 13.1. The minimum atomic E-state index is -1.58. The normalized spacial score (nSPS) is 18.7. The Kier molecular flexibility index (Phi) is 59.4. The first-order valence-electron chi connectivity index (χ1n) is 35.7. The standard InChI is InChI=1S/C74H135NO8/c1-3-5-7-9-11-13-15-17-19-21-23-25-27-29-31-33-34-36-37-39-41-43-45-47-49-51-53-55-57-59-61-63-68(77)67(66-82-74-73(81)72(80)71(79)69(65-76)83-74)75-70(78)64-62-60-58-56-54-52-50-48-46-44-42-40-38-35-32-30-28-26-24-22-20-18-16-14-12-10-8-6-4-2/h6,8,12,14,18,20,24,26,53,55,61,63,67-69,71-74,76-77,79-81H,3-5,7,9-11,13,15-17,19,21-23,25,27-52,54,56-60,62,64-66H2,1-2H3,(H,75,78)/b8-6-,14-12-,20-18-,26-24-,55-53+,63-61+. The van der Waals surface area contributed by atoms with Crippen molar-refractivity contribution < 1.29 is 39.8 Å². The number of carbonyl (C=O) groups excluding carboxylic acids is 1. The van der Waals surface area contributed by atoms with Gasteiger partial charge >= 0.3 is 0 Å². The molecule has 0 aliphatic carbocycles. The summed E-state index contributed by atoms with van der Waals surface area (Å²) in [6, 6.07) is -0.826. The Labute approximate surface area is 512 Å². The van der Waals surface area contributed by atoms with Crippen LogP contribution in [0.5, 0.6) is 0 Å². The molecule has 0 saturated carbocycles. The van der Waals surface area contributed by atoms with Crippen molar-refractivity contribution in [3.63, 3.8) is 0 Å². The van der Waals surface area contributed by atoms with Crippen LogP contribution >= 0.6 is 0 Å². The zero-order valence-corrected chi connectivity index (χ0v) is 54.2. The molecule has 0 aromatic rings. The third-order valence-electron chi connectivity index (χ3n) is 16.8. The van der Waals surface area contributed by atoms with Gasteiger partial charge in [0.15, 0.2) is 6.29 Å². The number of ether oxygens (including phenoxy) is 2. The Balaban J connectivity index is 2.14. The molecule has 7 unspecified atom stereocenters. The molecule has 83 heavy (non-hydrogen) atoms. The van der Waals surface area contributed by atoms with Gasteiger partial charge in [-0.2, -0.15) is 0 Å². The van der Waals surface area contributed by atoms with E-state index in [-0.39, 0.29) is 12.5 Å². The zero-order chi connectivity index (χ0) is 60.0. The van der Waals surface area contributed by atoms with E-state index in [2.05, 4.69) is 79.9 Å². The number of amides is 1. The van der Waals surface area contributed by atoms with Crippen LogP contribution in [0.25, 0.3) is 0 Å². The van der Waals surface area contributed by atoms with Crippen molar-refractivity contribution in [1.29, 1.82) is 0 Å². The molecule has 0 aromatic carbocycles. The third kappa shape index (κ3) is 51.4. The molecule has 1 saturated heterocycles. The lowest BCUT2D eigenvalue weighted by Crippen LogP contribution is -2.60. The predicted molar refractivity (Wildman–Crippen MR) is 355 cm³/mol. The van der Waals surface area contributed by atoms with Gasteiger partial charge in [0.05, 0.1) is 25.4 Å². The van der Waals surface area contributed by atoms with Crippen molar-refractivity contribution in [3.05, 3.63) is 72.9 Å². The molecule has 0 bridgehead atoms. The lowest BCUT2D eigenvalue weighted by molar-refractivity contribution is -0.302. The van der Waals surface area contributed by atoms with Crippen LogP contribution in [0.4, 0.5) is 0 Å². The minimum absolute atomic E-state index is 0.184. The van der Waals surface area contributed by atoms with Gasteiger partial charge in [-0.05, 0) is 70.6 Å². The topological polar surface area (TPSA) is 149 Å². The SMILES string of the molecule is CC/C=C\C/C=C\C/C=C\C/C=C\CCCCCCCCCCCCCCCCCCC(=O)NC(COC1OC(CO)C(O)C(O)C1O)C(O)/C=C/CC/C=C/CCCCCCCCCCCCCCCCCCCCCCCCCCC. The van der Waals surface area contributed by atoms with Crippen LogP contribution in [0.3, 0.4) is 0 Å². The zero-order valence-electron chi connectivity index (χ0n) is 54.2. The fourth-order valence-corrected chi connectivity index (χ4v) is 11.2. The van der Waals surface area contributed by atoms with E-state index in [1.165, 1.54) is 250 Å².